The Morgan fingerprint density at radius 3 is 1.84 bits per heavy atom. The van der Waals surface area contributed by atoms with Gasteiger partial charge in [0.25, 0.3) is 0 Å². The fourth-order valence-electron chi connectivity index (χ4n) is 8.41. The molecule has 0 atom stereocenters. The number of rotatable bonds is 5. The summed E-state index contributed by atoms with van der Waals surface area (Å²) < 4.78 is 14.8. The van der Waals surface area contributed by atoms with Crippen LogP contribution >= 0.6 is 0 Å². The van der Waals surface area contributed by atoms with E-state index >= 15 is 0 Å². The van der Waals surface area contributed by atoms with E-state index in [2.05, 4.69) is 125 Å². The molecule has 0 amide bonds. The van der Waals surface area contributed by atoms with Crippen molar-refractivity contribution >= 4 is 65.7 Å². The van der Waals surface area contributed by atoms with Gasteiger partial charge in [-0.15, -0.1) is 0 Å². The van der Waals surface area contributed by atoms with Crippen molar-refractivity contribution in [1.82, 2.24) is 24.5 Å². The van der Waals surface area contributed by atoms with Gasteiger partial charge in [-0.25, -0.2) is 15.0 Å². The average molecular weight is 732 g/mol. The van der Waals surface area contributed by atoms with E-state index in [9.17, 15) is 0 Å². The number of fused-ring (bicyclic) bond motifs is 9. The standard InChI is InChI=1S/C50H29N5O2/c1-5-18-40-34(13-1)35-14-2-6-19-41(35)55(40)42-20-7-3-16-38(42)50-53-48(52-49(54-50)32-23-24-37-36-15-4-8-21-43(36)56-45(37)28-32)31-12-9-11-30(27-31)33-17-10-22-44-47(33)39-25-26-51-29-46(39)57-44/h1-29H. The second-order valence-corrected chi connectivity index (χ2v) is 14.2. The highest BCUT2D eigenvalue weighted by molar-refractivity contribution is 6.13. The van der Waals surface area contributed by atoms with Gasteiger partial charge in [-0.05, 0) is 71.8 Å². The molecule has 0 spiro atoms. The molecule has 0 aliphatic carbocycles. The van der Waals surface area contributed by atoms with Gasteiger partial charge in [0.1, 0.15) is 16.7 Å². The summed E-state index contributed by atoms with van der Waals surface area (Å²) >= 11 is 0. The van der Waals surface area contributed by atoms with E-state index in [1.165, 1.54) is 10.8 Å². The number of aromatic nitrogens is 5. The highest BCUT2D eigenvalue weighted by atomic mass is 16.3. The van der Waals surface area contributed by atoms with E-state index in [4.69, 9.17) is 23.8 Å². The van der Waals surface area contributed by atoms with Crippen molar-refractivity contribution in [3.63, 3.8) is 0 Å². The van der Waals surface area contributed by atoms with Crippen LogP contribution < -0.4 is 0 Å². The quantitative estimate of drug-likeness (QED) is 0.175. The van der Waals surface area contributed by atoms with Crippen molar-refractivity contribution in [2.75, 3.05) is 0 Å². The topological polar surface area (TPSA) is 82.8 Å². The van der Waals surface area contributed by atoms with Gasteiger partial charge < -0.3 is 13.4 Å². The number of benzene rings is 7. The second-order valence-electron chi connectivity index (χ2n) is 14.2. The Morgan fingerprint density at radius 2 is 1.00 bits per heavy atom. The third-order valence-corrected chi connectivity index (χ3v) is 11.0. The summed E-state index contributed by atoms with van der Waals surface area (Å²) in [4.78, 5) is 20.0. The van der Waals surface area contributed by atoms with Crippen molar-refractivity contribution < 1.29 is 8.83 Å². The number of furan rings is 2. The average Bonchev–Trinajstić information content (AvgIpc) is 3.96. The first-order valence-electron chi connectivity index (χ1n) is 18.9. The van der Waals surface area contributed by atoms with Crippen molar-refractivity contribution in [2.45, 2.75) is 0 Å². The predicted octanol–water partition coefficient (Wildman–Crippen LogP) is 12.8. The minimum atomic E-state index is 0.551. The van der Waals surface area contributed by atoms with Crippen LogP contribution in [0.4, 0.5) is 0 Å². The van der Waals surface area contributed by atoms with E-state index in [0.29, 0.717) is 17.5 Å². The zero-order chi connectivity index (χ0) is 37.5. The van der Waals surface area contributed by atoms with Crippen LogP contribution in [0.1, 0.15) is 0 Å². The largest absolute Gasteiger partial charge is 0.456 e. The van der Waals surface area contributed by atoms with Crippen LogP contribution in [0.3, 0.4) is 0 Å². The SMILES string of the molecule is c1cc(-c2nc(-c3ccc4c(c3)oc3ccccc34)nc(-c3ccccc3-n3c4ccccc4c4ccccc43)n2)cc(-c2cccc3oc4cnccc4c23)c1. The van der Waals surface area contributed by atoms with Gasteiger partial charge in [-0.1, -0.05) is 103 Å². The summed E-state index contributed by atoms with van der Waals surface area (Å²) in [5.41, 5.74) is 11.1. The molecule has 0 aliphatic heterocycles. The molecule has 7 nitrogen and oxygen atoms in total. The molecule has 12 aromatic rings. The van der Waals surface area contributed by atoms with Crippen LogP contribution in [0.15, 0.2) is 185 Å². The molecule has 7 aromatic carbocycles. The molecule has 0 fully saturated rings. The van der Waals surface area contributed by atoms with Crippen LogP contribution in [-0.2, 0) is 0 Å². The summed E-state index contributed by atoms with van der Waals surface area (Å²) in [5, 5.41) is 6.56. The summed E-state index contributed by atoms with van der Waals surface area (Å²) in [6, 6.07) is 56.3. The Kier molecular flexibility index (Phi) is 6.79. The van der Waals surface area contributed by atoms with Gasteiger partial charge >= 0.3 is 0 Å². The van der Waals surface area contributed by atoms with E-state index in [1.54, 1.807) is 12.4 Å². The normalized spacial score (nSPS) is 11.9. The smallest absolute Gasteiger partial charge is 0.166 e. The van der Waals surface area contributed by atoms with E-state index in [1.807, 2.05) is 48.5 Å². The fraction of sp³-hybridized carbons (Fsp3) is 0. The van der Waals surface area contributed by atoms with Gasteiger partial charge in [0, 0.05) is 55.2 Å². The molecule has 266 valence electrons. The number of hydrogen-bond donors (Lipinski definition) is 0. The molecule has 0 unspecified atom stereocenters. The molecule has 12 rings (SSSR count). The number of hydrogen-bond acceptors (Lipinski definition) is 6. The monoisotopic (exact) mass is 731 g/mol. The van der Waals surface area contributed by atoms with Crippen LogP contribution in [0.2, 0.25) is 0 Å². The first-order chi connectivity index (χ1) is 28.2. The lowest BCUT2D eigenvalue weighted by Gasteiger charge is -2.15. The maximum atomic E-state index is 6.33. The van der Waals surface area contributed by atoms with Crippen LogP contribution in [0.25, 0.3) is 117 Å². The first kappa shape index (κ1) is 31.5. The zero-order valence-corrected chi connectivity index (χ0v) is 30.3. The lowest BCUT2D eigenvalue weighted by molar-refractivity contribution is 0.667. The lowest BCUT2D eigenvalue weighted by atomic mass is 9.98. The number of pyridine rings is 1. The summed E-state index contributed by atoms with van der Waals surface area (Å²) in [5.74, 6) is 1.68. The summed E-state index contributed by atoms with van der Waals surface area (Å²) in [6.45, 7) is 0. The summed E-state index contributed by atoms with van der Waals surface area (Å²) in [7, 11) is 0. The van der Waals surface area contributed by atoms with Crippen LogP contribution in [0.5, 0.6) is 0 Å². The van der Waals surface area contributed by atoms with Gasteiger partial charge in [0.05, 0.1) is 22.9 Å². The van der Waals surface area contributed by atoms with Crippen LogP contribution in [-0.4, -0.2) is 24.5 Å². The third kappa shape index (κ3) is 4.92. The molecule has 7 heteroatoms. The maximum absolute atomic E-state index is 6.33. The van der Waals surface area contributed by atoms with Crippen LogP contribution in [0, 0.1) is 0 Å². The highest BCUT2D eigenvalue weighted by Crippen LogP contribution is 2.39. The lowest BCUT2D eigenvalue weighted by Crippen LogP contribution is -2.03. The van der Waals surface area contributed by atoms with E-state index in [-0.39, 0.29) is 0 Å². The van der Waals surface area contributed by atoms with Crippen molar-refractivity contribution in [3.8, 4) is 51.0 Å². The summed E-state index contributed by atoms with van der Waals surface area (Å²) in [6.07, 6.45) is 3.57. The molecule has 0 N–H and O–H groups in total. The van der Waals surface area contributed by atoms with Crippen molar-refractivity contribution in [1.29, 1.82) is 0 Å². The molecule has 0 saturated carbocycles. The van der Waals surface area contributed by atoms with Gasteiger partial charge in [-0.3, -0.25) is 4.98 Å². The number of nitrogens with zero attached hydrogens (tertiary/aromatic N) is 5. The molecular formula is C50H29N5O2. The van der Waals surface area contributed by atoms with E-state index in [0.717, 1.165) is 88.4 Å². The molecule has 57 heavy (non-hydrogen) atoms. The molecule has 0 saturated heterocycles. The Morgan fingerprint density at radius 1 is 0.386 bits per heavy atom. The third-order valence-electron chi connectivity index (χ3n) is 11.0. The molecule has 0 radical (unpaired) electrons. The van der Waals surface area contributed by atoms with Crippen molar-refractivity contribution in [2.24, 2.45) is 0 Å². The molecule has 5 aromatic heterocycles. The predicted molar refractivity (Wildman–Crippen MR) is 228 cm³/mol. The maximum Gasteiger partial charge on any atom is 0.166 e. The Bertz CT molecular complexity index is 3500. The fourth-order valence-corrected chi connectivity index (χ4v) is 8.41. The molecular weight excluding hydrogens is 703 g/mol. The highest BCUT2D eigenvalue weighted by Gasteiger charge is 2.20. The first-order valence-corrected chi connectivity index (χ1v) is 18.9. The Balaban J connectivity index is 1.09. The minimum Gasteiger partial charge on any atom is -0.456 e. The number of para-hydroxylation sites is 4. The minimum absolute atomic E-state index is 0.551. The molecule has 0 aliphatic rings. The Hall–Kier alpha value is -7.90. The van der Waals surface area contributed by atoms with Gasteiger partial charge in [0.15, 0.2) is 23.1 Å². The zero-order valence-electron chi connectivity index (χ0n) is 30.3. The molecule has 5 heterocycles. The second kappa shape index (κ2) is 12.3. The van der Waals surface area contributed by atoms with Gasteiger partial charge in [0.2, 0.25) is 0 Å². The van der Waals surface area contributed by atoms with Crippen molar-refractivity contribution in [3.05, 3.63) is 176 Å². The molecule has 0 bridgehead atoms. The Labute approximate surface area is 325 Å². The van der Waals surface area contributed by atoms with Gasteiger partial charge in [-0.2, -0.15) is 0 Å². The van der Waals surface area contributed by atoms with E-state index < -0.39 is 0 Å².